The molecule has 4 N–H and O–H groups in total. The SMILES string of the molecule is NCc1ccccc1CS(=O)(=O)NC(=O)NC1CCCCC1. The van der Waals surface area contributed by atoms with Gasteiger partial charge in [-0.1, -0.05) is 43.5 Å². The highest BCUT2D eigenvalue weighted by Crippen LogP contribution is 2.17. The van der Waals surface area contributed by atoms with Crippen molar-refractivity contribution in [3.05, 3.63) is 35.4 Å². The first-order valence-electron chi connectivity index (χ1n) is 7.58. The average molecular weight is 325 g/mol. The zero-order valence-corrected chi connectivity index (χ0v) is 13.4. The molecule has 2 rings (SSSR count). The molecule has 1 saturated carbocycles. The monoisotopic (exact) mass is 325 g/mol. The zero-order chi connectivity index (χ0) is 16.0. The molecule has 7 heteroatoms. The molecule has 1 aromatic rings. The minimum absolute atomic E-state index is 0.0697. The highest BCUT2D eigenvalue weighted by molar-refractivity contribution is 7.89. The highest BCUT2D eigenvalue weighted by atomic mass is 32.2. The van der Waals surface area contributed by atoms with Crippen molar-refractivity contribution in [2.24, 2.45) is 5.73 Å². The van der Waals surface area contributed by atoms with Gasteiger partial charge in [-0.15, -0.1) is 0 Å². The lowest BCUT2D eigenvalue weighted by Gasteiger charge is -2.22. The van der Waals surface area contributed by atoms with Crippen LogP contribution in [0.3, 0.4) is 0 Å². The fourth-order valence-corrected chi connectivity index (χ4v) is 3.85. The Kier molecular flexibility index (Phi) is 5.79. The van der Waals surface area contributed by atoms with Crippen molar-refractivity contribution in [1.82, 2.24) is 10.0 Å². The number of nitrogens with one attached hydrogen (secondary N) is 2. The Morgan fingerprint density at radius 3 is 2.41 bits per heavy atom. The van der Waals surface area contributed by atoms with E-state index in [2.05, 4.69) is 10.0 Å². The summed E-state index contributed by atoms with van der Waals surface area (Å²) in [6.45, 7) is 0.264. The van der Waals surface area contributed by atoms with Crippen LogP contribution in [0.5, 0.6) is 0 Å². The van der Waals surface area contributed by atoms with Crippen molar-refractivity contribution in [1.29, 1.82) is 0 Å². The predicted molar refractivity (Wildman–Crippen MR) is 85.5 cm³/mol. The minimum atomic E-state index is -3.73. The van der Waals surface area contributed by atoms with Crippen LogP contribution in [0, 0.1) is 0 Å². The lowest BCUT2D eigenvalue weighted by atomic mass is 9.96. The molecule has 0 unspecified atom stereocenters. The number of hydrogen-bond donors (Lipinski definition) is 3. The third-order valence-corrected chi connectivity index (χ3v) is 5.06. The first kappa shape index (κ1) is 16.8. The van der Waals surface area contributed by atoms with Crippen molar-refractivity contribution >= 4 is 16.1 Å². The summed E-state index contributed by atoms with van der Waals surface area (Å²) in [5.74, 6) is -0.252. The zero-order valence-electron chi connectivity index (χ0n) is 12.5. The van der Waals surface area contributed by atoms with E-state index >= 15 is 0 Å². The summed E-state index contributed by atoms with van der Waals surface area (Å²) < 4.78 is 26.3. The first-order valence-corrected chi connectivity index (χ1v) is 9.23. The molecule has 0 radical (unpaired) electrons. The van der Waals surface area contributed by atoms with Crippen molar-refractivity contribution in [3.63, 3.8) is 0 Å². The van der Waals surface area contributed by atoms with E-state index in [1.807, 2.05) is 6.07 Å². The van der Waals surface area contributed by atoms with Gasteiger partial charge >= 0.3 is 6.03 Å². The van der Waals surface area contributed by atoms with E-state index in [0.29, 0.717) is 5.56 Å². The number of carbonyl (C=O) groups excluding carboxylic acids is 1. The Hall–Kier alpha value is -1.60. The van der Waals surface area contributed by atoms with E-state index in [4.69, 9.17) is 5.73 Å². The Labute approximate surface area is 131 Å². The van der Waals surface area contributed by atoms with Gasteiger partial charge in [-0.25, -0.2) is 17.9 Å². The van der Waals surface area contributed by atoms with Gasteiger partial charge < -0.3 is 11.1 Å². The van der Waals surface area contributed by atoms with Gasteiger partial charge in [0, 0.05) is 12.6 Å². The summed E-state index contributed by atoms with van der Waals surface area (Å²) in [6.07, 6.45) is 5.13. The molecule has 0 heterocycles. The number of hydrogen-bond acceptors (Lipinski definition) is 4. The molecule has 22 heavy (non-hydrogen) atoms. The highest BCUT2D eigenvalue weighted by Gasteiger charge is 2.20. The van der Waals surface area contributed by atoms with E-state index in [1.165, 1.54) is 6.42 Å². The summed E-state index contributed by atoms with van der Waals surface area (Å²) in [6, 6.07) is 6.48. The summed E-state index contributed by atoms with van der Waals surface area (Å²) in [4.78, 5) is 11.8. The summed E-state index contributed by atoms with van der Waals surface area (Å²) >= 11 is 0. The Bertz CT molecular complexity index is 610. The van der Waals surface area contributed by atoms with Crippen molar-refractivity contribution in [2.45, 2.75) is 50.4 Å². The third-order valence-electron chi connectivity index (χ3n) is 3.87. The van der Waals surface area contributed by atoms with Gasteiger partial charge in [-0.2, -0.15) is 0 Å². The van der Waals surface area contributed by atoms with Crippen LogP contribution < -0.4 is 15.8 Å². The number of rotatable bonds is 5. The summed E-state index contributed by atoms with van der Waals surface area (Å²) in [5.41, 5.74) is 6.98. The summed E-state index contributed by atoms with van der Waals surface area (Å²) in [5, 5.41) is 2.74. The van der Waals surface area contributed by atoms with Gasteiger partial charge in [0.15, 0.2) is 0 Å². The molecule has 6 nitrogen and oxygen atoms in total. The van der Waals surface area contributed by atoms with E-state index < -0.39 is 16.1 Å². The van der Waals surface area contributed by atoms with E-state index in [9.17, 15) is 13.2 Å². The lowest BCUT2D eigenvalue weighted by molar-refractivity contribution is 0.237. The standard InChI is InChI=1S/C15H23N3O3S/c16-10-12-6-4-5-7-13(12)11-22(20,21)18-15(19)17-14-8-2-1-3-9-14/h4-7,14H,1-3,8-11,16H2,(H2,17,18,19). The summed E-state index contributed by atoms with van der Waals surface area (Å²) in [7, 11) is -3.73. The number of nitrogens with two attached hydrogens (primary N) is 1. The number of sulfonamides is 1. The second-order valence-corrected chi connectivity index (χ2v) is 7.36. The molecule has 1 aliphatic carbocycles. The van der Waals surface area contributed by atoms with E-state index in [1.54, 1.807) is 18.2 Å². The molecule has 0 saturated heterocycles. The number of amides is 2. The van der Waals surface area contributed by atoms with Crippen LogP contribution in [0.1, 0.15) is 43.2 Å². The van der Waals surface area contributed by atoms with Crippen LogP contribution in [0.25, 0.3) is 0 Å². The Balaban J connectivity index is 1.94. The molecule has 1 aliphatic rings. The normalized spacial score (nSPS) is 16.2. The van der Waals surface area contributed by atoms with Crippen LogP contribution in [0.4, 0.5) is 4.79 Å². The Morgan fingerprint density at radius 1 is 1.14 bits per heavy atom. The molecule has 0 aliphatic heterocycles. The van der Waals surface area contributed by atoms with Crippen LogP contribution in [-0.4, -0.2) is 20.5 Å². The molecule has 1 fully saturated rings. The molecular formula is C15H23N3O3S. The van der Waals surface area contributed by atoms with Gasteiger partial charge in [0.1, 0.15) is 0 Å². The number of urea groups is 1. The predicted octanol–water partition coefficient (Wildman–Crippen LogP) is 1.61. The number of benzene rings is 1. The van der Waals surface area contributed by atoms with E-state index in [0.717, 1.165) is 31.2 Å². The molecule has 0 spiro atoms. The molecule has 122 valence electrons. The Morgan fingerprint density at radius 2 is 1.77 bits per heavy atom. The fraction of sp³-hybridized carbons (Fsp3) is 0.533. The van der Waals surface area contributed by atoms with Crippen LogP contribution in [-0.2, 0) is 22.3 Å². The number of carbonyl (C=O) groups is 1. The molecular weight excluding hydrogens is 302 g/mol. The second kappa shape index (κ2) is 7.60. The molecule has 0 aromatic heterocycles. The third kappa shape index (κ3) is 4.99. The van der Waals surface area contributed by atoms with Crippen LogP contribution in [0.2, 0.25) is 0 Å². The van der Waals surface area contributed by atoms with Gasteiger partial charge in [0.05, 0.1) is 5.75 Å². The lowest BCUT2D eigenvalue weighted by Crippen LogP contribution is -2.45. The maximum absolute atomic E-state index is 12.1. The van der Waals surface area contributed by atoms with Gasteiger partial charge in [-0.3, -0.25) is 0 Å². The van der Waals surface area contributed by atoms with Gasteiger partial charge in [0.2, 0.25) is 10.0 Å². The van der Waals surface area contributed by atoms with Crippen molar-refractivity contribution < 1.29 is 13.2 Å². The smallest absolute Gasteiger partial charge is 0.328 e. The van der Waals surface area contributed by atoms with Crippen LogP contribution >= 0.6 is 0 Å². The van der Waals surface area contributed by atoms with Crippen LogP contribution in [0.15, 0.2) is 24.3 Å². The minimum Gasteiger partial charge on any atom is -0.335 e. The molecule has 0 atom stereocenters. The quantitative estimate of drug-likeness (QED) is 0.765. The maximum Gasteiger partial charge on any atom is 0.328 e. The van der Waals surface area contributed by atoms with Gasteiger partial charge in [-0.05, 0) is 24.0 Å². The topological polar surface area (TPSA) is 101 Å². The van der Waals surface area contributed by atoms with Gasteiger partial charge in [0.25, 0.3) is 0 Å². The molecule has 0 bridgehead atoms. The maximum atomic E-state index is 12.1. The molecule has 1 aromatic carbocycles. The van der Waals surface area contributed by atoms with Crippen molar-refractivity contribution in [2.75, 3.05) is 0 Å². The average Bonchev–Trinajstić information content (AvgIpc) is 2.47. The fourth-order valence-electron chi connectivity index (χ4n) is 2.74. The molecule has 2 amide bonds. The second-order valence-electron chi connectivity index (χ2n) is 5.64. The largest absolute Gasteiger partial charge is 0.335 e. The van der Waals surface area contributed by atoms with E-state index in [-0.39, 0.29) is 18.3 Å². The van der Waals surface area contributed by atoms with Crippen molar-refractivity contribution in [3.8, 4) is 0 Å². The first-order chi connectivity index (χ1) is 10.5.